The van der Waals surface area contributed by atoms with Crippen LogP contribution in [0.2, 0.25) is 0 Å². The Hall–Kier alpha value is -1.02. The van der Waals surface area contributed by atoms with Gasteiger partial charge in [-0.1, -0.05) is 19.9 Å². The minimum Gasteiger partial charge on any atom is -0.387 e. The van der Waals surface area contributed by atoms with Crippen LogP contribution in [0.25, 0.3) is 5.57 Å². The van der Waals surface area contributed by atoms with Crippen LogP contribution in [0.15, 0.2) is 30.5 Å². The van der Waals surface area contributed by atoms with Crippen LogP contribution < -0.4 is 5.32 Å². The van der Waals surface area contributed by atoms with Crippen LogP contribution in [-0.2, 0) is 6.42 Å². The molecule has 0 fully saturated rings. The Kier molecular flexibility index (Phi) is 3.27. The summed E-state index contributed by atoms with van der Waals surface area (Å²) in [7, 11) is 0. The van der Waals surface area contributed by atoms with Gasteiger partial charge in [-0.15, -0.1) is 11.3 Å². The summed E-state index contributed by atoms with van der Waals surface area (Å²) in [5, 5.41) is 3.24. The minimum atomic E-state index is 0.745. The van der Waals surface area contributed by atoms with Crippen molar-refractivity contribution in [3.63, 3.8) is 0 Å². The Morgan fingerprint density at radius 1 is 1.40 bits per heavy atom. The molecular weight excluding hydrogens is 202 g/mol. The van der Waals surface area contributed by atoms with Crippen molar-refractivity contribution in [3.05, 3.63) is 40.2 Å². The van der Waals surface area contributed by atoms with Crippen LogP contribution in [0, 0.1) is 5.92 Å². The molecule has 80 valence electrons. The summed E-state index contributed by atoms with van der Waals surface area (Å²) < 4.78 is 0. The molecule has 2 heteroatoms. The quantitative estimate of drug-likeness (QED) is 0.821. The van der Waals surface area contributed by atoms with Crippen LogP contribution in [0.1, 0.15) is 23.6 Å². The first-order valence-corrected chi connectivity index (χ1v) is 6.25. The van der Waals surface area contributed by atoms with Crippen LogP contribution in [0.5, 0.6) is 0 Å². The van der Waals surface area contributed by atoms with E-state index in [0.717, 1.165) is 12.5 Å². The van der Waals surface area contributed by atoms with Crippen LogP contribution in [0.4, 0.5) is 0 Å². The summed E-state index contributed by atoms with van der Waals surface area (Å²) >= 11 is 1.93. The molecule has 0 bridgehead atoms. The topological polar surface area (TPSA) is 12.0 Å². The molecule has 1 aliphatic rings. The maximum atomic E-state index is 3.24. The lowest BCUT2D eigenvalue weighted by Gasteiger charge is -2.08. The first kappa shape index (κ1) is 10.5. The van der Waals surface area contributed by atoms with Gasteiger partial charge in [-0.2, -0.15) is 0 Å². The fourth-order valence-corrected chi connectivity index (χ4v) is 2.93. The van der Waals surface area contributed by atoms with E-state index in [1.54, 1.807) is 0 Å². The Morgan fingerprint density at radius 3 is 2.93 bits per heavy atom. The predicted molar refractivity (Wildman–Crippen MR) is 68.0 cm³/mol. The normalized spacial score (nSPS) is 15.3. The monoisotopic (exact) mass is 219 g/mol. The Labute approximate surface area is 95.5 Å². The molecule has 0 unspecified atom stereocenters. The Bertz CT molecular complexity index is 385. The lowest BCUT2D eigenvalue weighted by atomic mass is 10.1. The fraction of sp³-hybridized carbons (Fsp3) is 0.385. The van der Waals surface area contributed by atoms with Crippen LogP contribution in [-0.4, -0.2) is 6.54 Å². The fourth-order valence-electron chi connectivity index (χ4n) is 1.69. The highest BCUT2D eigenvalue weighted by atomic mass is 32.1. The summed E-state index contributed by atoms with van der Waals surface area (Å²) in [4.78, 5) is 2.90. The second-order valence-corrected chi connectivity index (χ2v) is 5.46. The molecule has 0 radical (unpaired) electrons. The van der Waals surface area contributed by atoms with E-state index in [9.17, 15) is 0 Å². The lowest BCUT2D eigenvalue weighted by molar-refractivity contribution is 0.654. The van der Waals surface area contributed by atoms with E-state index < -0.39 is 0 Å². The van der Waals surface area contributed by atoms with E-state index in [1.165, 1.54) is 21.7 Å². The zero-order chi connectivity index (χ0) is 10.7. The van der Waals surface area contributed by atoms with Gasteiger partial charge in [-0.3, -0.25) is 0 Å². The third kappa shape index (κ3) is 2.72. The van der Waals surface area contributed by atoms with Crippen LogP contribution >= 0.6 is 11.3 Å². The number of rotatable bonds is 3. The molecule has 0 aromatic carbocycles. The van der Waals surface area contributed by atoms with Crippen molar-refractivity contribution in [1.82, 2.24) is 5.32 Å². The Balaban J connectivity index is 2.12. The molecule has 2 rings (SSSR count). The highest BCUT2D eigenvalue weighted by molar-refractivity contribution is 7.13. The van der Waals surface area contributed by atoms with Gasteiger partial charge in [0.25, 0.3) is 0 Å². The zero-order valence-corrected chi connectivity index (χ0v) is 10.1. The first-order chi connectivity index (χ1) is 7.25. The number of allylic oxidation sites excluding steroid dienone is 2. The van der Waals surface area contributed by atoms with Crippen molar-refractivity contribution >= 4 is 16.9 Å². The van der Waals surface area contributed by atoms with Gasteiger partial charge >= 0.3 is 0 Å². The van der Waals surface area contributed by atoms with Crippen molar-refractivity contribution in [1.29, 1.82) is 0 Å². The molecule has 1 aromatic heterocycles. The van der Waals surface area contributed by atoms with Crippen molar-refractivity contribution < 1.29 is 0 Å². The maximum absolute atomic E-state index is 3.24. The molecule has 0 amide bonds. The van der Waals surface area contributed by atoms with Crippen molar-refractivity contribution in [2.75, 3.05) is 6.54 Å². The molecule has 1 N–H and O–H groups in total. The number of hydrogen-bond acceptors (Lipinski definition) is 2. The van der Waals surface area contributed by atoms with Gasteiger partial charge in [0.05, 0.1) is 0 Å². The second kappa shape index (κ2) is 4.67. The number of thiophene rings is 1. The summed E-state index contributed by atoms with van der Waals surface area (Å²) in [5.74, 6) is 0.745. The molecule has 1 nitrogen and oxygen atoms in total. The van der Waals surface area contributed by atoms with Crippen molar-refractivity contribution in [3.8, 4) is 0 Å². The molecule has 1 aromatic rings. The van der Waals surface area contributed by atoms with Crippen molar-refractivity contribution in [2.24, 2.45) is 5.92 Å². The van der Waals surface area contributed by atoms with Gasteiger partial charge in [0, 0.05) is 16.3 Å². The molecule has 0 spiro atoms. The van der Waals surface area contributed by atoms with E-state index in [0.29, 0.717) is 0 Å². The van der Waals surface area contributed by atoms with Gasteiger partial charge in [0.1, 0.15) is 0 Å². The molecule has 0 saturated carbocycles. The first-order valence-electron chi connectivity index (χ1n) is 5.44. The maximum Gasteiger partial charge on any atom is 0.0409 e. The minimum absolute atomic E-state index is 0.745. The van der Waals surface area contributed by atoms with E-state index in [2.05, 4.69) is 43.4 Å². The van der Waals surface area contributed by atoms with Gasteiger partial charge in [-0.05, 0) is 42.3 Å². The molecular formula is C13H17NS. The van der Waals surface area contributed by atoms with Gasteiger partial charge in [-0.25, -0.2) is 0 Å². The van der Waals surface area contributed by atoms with E-state index >= 15 is 0 Å². The predicted octanol–water partition coefficient (Wildman–Crippen LogP) is 3.45. The van der Waals surface area contributed by atoms with E-state index in [-0.39, 0.29) is 0 Å². The summed E-state index contributed by atoms with van der Waals surface area (Å²) in [6, 6.07) is 4.51. The SMILES string of the molecule is CC(C)Cc1ccc(C2=CC=CNC2)s1. The van der Waals surface area contributed by atoms with E-state index in [1.807, 2.05) is 17.5 Å². The van der Waals surface area contributed by atoms with E-state index in [4.69, 9.17) is 0 Å². The third-order valence-corrected chi connectivity index (χ3v) is 3.57. The highest BCUT2D eigenvalue weighted by Gasteiger charge is 2.07. The average Bonchev–Trinajstić information content (AvgIpc) is 2.67. The molecule has 0 saturated heterocycles. The Morgan fingerprint density at radius 2 is 2.27 bits per heavy atom. The van der Waals surface area contributed by atoms with Crippen molar-refractivity contribution in [2.45, 2.75) is 20.3 Å². The largest absolute Gasteiger partial charge is 0.387 e. The number of hydrogen-bond donors (Lipinski definition) is 1. The standard InChI is InChI=1S/C13H17NS/c1-10(2)8-12-5-6-13(15-12)11-4-3-7-14-9-11/h3-7,10,14H,8-9H2,1-2H3. The van der Waals surface area contributed by atoms with Gasteiger partial charge < -0.3 is 5.32 Å². The summed E-state index contributed by atoms with van der Waals surface area (Å²) in [5.41, 5.74) is 1.40. The number of nitrogens with one attached hydrogen (secondary N) is 1. The number of dihydropyridines is 1. The average molecular weight is 219 g/mol. The molecule has 15 heavy (non-hydrogen) atoms. The second-order valence-electron chi connectivity index (χ2n) is 4.30. The molecule has 1 aliphatic heterocycles. The lowest BCUT2D eigenvalue weighted by Crippen LogP contribution is -2.10. The van der Waals surface area contributed by atoms with Gasteiger partial charge in [0.15, 0.2) is 0 Å². The summed E-state index contributed by atoms with van der Waals surface area (Å²) in [6.07, 6.45) is 7.45. The smallest absolute Gasteiger partial charge is 0.0409 e. The summed E-state index contributed by atoms with van der Waals surface area (Å²) in [6.45, 7) is 5.49. The van der Waals surface area contributed by atoms with Crippen LogP contribution in [0.3, 0.4) is 0 Å². The third-order valence-electron chi connectivity index (χ3n) is 2.39. The molecule has 0 atom stereocenters. The molecule has 0 aliphatic carbocycles. The highest BCUT2D eigenvalue weighted by Crippen LogP contribution is 2.26. The molecule has 2 heterocycles. The zero-order valence-electron chi connectivity index (χ0n) is 9.29. The van der Waals surface area contributed by atoms with Gasteiger partial charge in [0.2, 0.25) is 0 Å².